The SMILES string of the molecule is CCC(O)CCNC(=O)c1cc2ccccc2o1. The molecule has 18 heavy (non-hydrogen) atoms. The lowest BCUT2D eigenvalue weighted by atomic mass is 10.2. The number of fused-ring (bicyclic) bond motifs is 1. The number of carbonyl (C=O) groups is 1. The molecule has 96 valence electrons. The van der Waals surface area contributed by atoms with Gasteiger partial charge in [0.05, 0.1) is 6.10 Å². The Morgan fingerprint density at radius 2 is 2.22 bits per heavy atom. The van der Waals surface area contributed by atoms with E-state index >= 15 is 0 Å². The lowest BCUT2D eigenvalue weighted by Gasteiger charge is -2.07. The zero-order chi connectivity index (χ0) is 13.0. The number of hydrogen-bond acceptors (Lipinski definition) is 3. The first-order chi connectivity index (χ1) is 8.70. The van der Waals surface area contributed by atoms with Gasteiger partial charge < -0.3 is 14.8 Å². The van der Waals surface area contributed by atoms with Crippen LogP contribution >= 0.6 is 0 Å². The van der Waals surface area contributed by atoms with Crippen LogP contribution in [0.15, 0.2) is 34.7 Å². The van der Waals surface area contributed by atoms with Crippen molar-refractivity contribution in [2.75, 3.05) is 6.54 Å². The number of hydrogen-bond donors (Lipinski definition) is 2. The Hall–Kier alpha value is -1.81. The van der Waals surface area contributed by atoms with E-state index in [4.69, 9.17) is 4.42 Å². The van der Waals surface area contributed by atoms with E-state index in [-0.39, 0.29) is 12.0 Å². The van der Waals surface area contributed by atoms with E-state index in [1.165, 1.54) is 0 Å². The molecule has 0 spiro atoms. The molecule has 0 radical (unpaired) electrons. The average Bonchev–Trinajstić information content (AvgIpc) is 2.82. The zero-order valence-electron chi connectivity index (χ0n) is 10.3. The fourth-order valence-electron chi connectivity index (χ4n) is 1.74. The first-order valence-electron chi connectivity index (χ1n) is 6.15. The van der Waals surface area contributed by atoms with Gasteiger partial charge in [0.1, 0.15) is 5.58 Å². The Morgan fingerprint density at radius 3 is 2.94 bits per heavy atom. The molecule has 0 bridgehead atoms. The van der Waals surface area contributed by atoms with Crippen molar-refractivity contribution in [1.82, 2.24) is 5.32 Å². The number of furan rings is 1. The van der Waals surface area contributed by atoms with Gasteiger partial charge in [-0.15, -0.1) is 0 Å². The second-order valence-corrected chi connectivity index (χ2v) is 4.26. The minimum Gasteiger partial charge on any atom is -0.451 e. The van der Waals surface area contributed by atoms with Crippen LogP contribution < -0.4 is 5.32 Å². The number of carbonyl (C=O) groups excluding carboxylic acids is 1. The van der Waals surface area contributed by atoms with Gasteiger partial charge >= 0.3 is 0 Å². The number of amides is 1. The third-order valence-corrected chi connectivity index (χ3v) is 2.88. The van der Waals surface area contributed by atoms with Crippen LogP contribution in [-0.2, 0) is 0 Å². The Morgan fingerprint density at radius 1 is 1.44 bits per heavy atom. The van der Waals surface area contributed by atoms with Gasteiger partial charge in [0.25, 0.3) is 5.91 Å². The van der Waals surface area contributed by atoms with Crippen molar-refractivity contribution in [3.8, 4) is 0 Å². The normalized spacial score (nSPS) is 12.6. The summed E-state index contributed by atoms with van der Waals surface area (Å²) in [5.74, 6) is 0.0664. The Balaban J connectivity index is 1.96. The molecule has 0 aliphatic carbocycles. The summed E-state index contributed by atoms with van der Waals surface area (Å²) < 4.78 is 5.44. The molecule has 0 aliphatic rings. The largest absolute Gasteiger partial charge is 0.451 e. The van der Waals surface area contributed by atoms with Gasteiger partial charge in [-0.1, -0.05) is 25.1 Å². The predicted molar refractivity (Wildman–Crippen MR) is 69.5 cm³/mol. The number of nitrogens with one attached hydrogen (secondary N) is 1. The maximum absolute atomic E-state index is 11.8. The monoisotopic (exact) mass is 247 g/mol. The first-order valence-corrected chi connectivity index (χ1v) is 6.15. The summed E-state index contributed by atoms with van der Waals surface area (Å²) in [6.07, 6.45) is 0.893. The van der Waals surface area contributed by atoms with Crippen LogP contribution in [-0.4, -0.2) is 23.7 Å². The van der Waals surface area contributed by atoms with Gasteiger partial charge in [-0.2, -0.15) is 0 Å². The molecule has 2 rings (SSSR count). The average molecular weight is 247 g/mol. The van der Waals surface area contributed by atoms with E-state index in [1.54, 1.807) is 6.07 Å². The summed E-state index contributed by atoms with van der Waals surface area (Å²) in [6.45, 7) is 2.36. The fraction of sp³-hybridized carbons (Fsp3) is 0.357. The lowest BCUT2D eigenvalue weighted by Crippen LogP contribution is -2.26. The van der Waals surface area contributed by atoms with E-state index in [2.05, 4.69) is 5.32 Å². The van der Waals surface area contributed by atoms with Crippen LogP contribution in [0.1, 0.15) is 30.3 Å². The number of rotatable bonds is 5. The second-order valence-electron chi connectivity index (χ2n) is 4.26. The molecule has 0 fully saturated rings. The molecule has 1 atom stereocenters. The molecule has 1 aromatic heterocycles. The van der Waals surface area contributed by atoms with E-state index in [0.29, 0.717) is 30.7 Å². The van der Waals surface area contributed by atoms with E-state index in [1.807, 2.05) is 31.2 Å². The number of benzene rings is 1. The van der Waals surface area contributed by atoms with Crippen LogP contribution in [0.4, 0.5) is 0 Å². The Bertz CT molecular complexity index is 500. The lowest BCUT2D eigenvalue weighted by molar-refractivity contribution is 0.0916. The van der Waals surface area contributed by atoms with E-state index in [0.717, 1.165) is 5.39 Å². The molecule has 1 heterocycles. The predicted octanol–water partition coefficient (Wildman–Crippen LogP) is 2.32. The first kappa shape index (κ1) is 12.6. The maximum Gasteiger partial charge on any atom is 0.287 e. The second kappa shape index (κ2) is 5.69. The highest BCUT2D eigenvalue weighted by Gasteiger charge is 2.11. The molecule has 1 amide bonds. The van der Waals surface area contributed by atoms with Crippen molar-refractivity contribution in [3.05, 3.63) is 36.1 Å². The number of aliphatic hydroxyl groups excluding tert-OH is 1. The van der Waals surface area contributed by atoms with Crippen molar-refractivity contribution in [3.63, 3.8) is 0 Å². The quantitative estimate of drug-likeness (QED) is 0.852. The van der Waals surface area contributed by atoms with Gasteiger partial charge in [-0.05, 0) is 25.0 Å². The Kier molecular flexibility index (Phi) is 3.99. The van der Waals surface area contributed by atoms with Crippen LogP contribution in [0.2, 0.25) is 0 Å². The summed E-state index contributed by atoms with van der Waals surface area (Å²) in [7, 11) is 0. The summed E-state index contributed by atoms with van der Waals surface area (Å²) in [5, 5.41) is 13.0. The molecule has 4 nitrogen and oxygen atoms in total. The summed E-state index contributed by atoms with van der Waals surface area (Å²) in [4.78, 5) is 11.8. The zero-order valence-corrected chi connectivity index (χ0v) is 10.3. The van der Waals surface area contributed by atoms with Crippen molar-refractivity contribution in [1.29, 1.82) is 0 Å². The van der Waals surface area contributed by atoms with Crippen molar-refractivity contribution in [2.24, 2.45) is 0 Å². The molecular weight excluding hydrogens is 230 g/mol. The highest BCUT2D eigenvalue weighted by molar-refractivity contribution is 5.95. The van der Waals surface area contributed by atoms with Crippen molar-refractivity contribution < 1.29 is 14.3 Å². The highest BCUT2D eigenvalue weighted by Crippen LogP contribution is 2.18. The molecule has 2 aromatic rings. The molecule has 1 unspecified atom stereocenters. The third-order valence-electron chi connectivity index (χ3n) is 2.88. The van der Waals surface area contributed by atoms with Gasteiger partial charge in [-0.25, -0.2) is 0 Å². The molecule has 4 heteroatoms. The smallest absolute Gasteiger partial charge is 0.287 e. The molecule has 2 N–H and O–H groups in total. The third kappa shape index (κ3) is 2.90. The molecule has 0 aliphatic heterocycles. The van der Waals surface area contributed by atoms with Gasteiger partial charge in [0, 0.05) is 11.9 Å². The standard InChI is InChI=1S/C14H17NO3/c1-2-11(16)7-8-15-14(17)13-9-10-5-3-4-6-12(10)18-13/h3-6,9,11,16H,2,7-8H2,1H3,(H,15,17). The minimum absolute atomic E-state index is 0.241. The summed E-state index contributed by atoms with van der Waals surface area (Å²) in [6, 6.07) is 9.21. The topological polar surface area (TPSA) is 62.5 Å². The molecular formula is C14H17NO3. The van der Waals surface area contributed by atoms with Crippen LogP contribution in [0.3, 0.4) is 0 Å². The summed E-state index contributed by atoms with van der Waals surface area (Å²) in [5.41, 5.74) is 0.705. The van der Waals surface area contributed by atoms with E-state index < -0.39 is 0 Å². The van der Waals surface area contributed by atoms with E-state index in [9.17, 15) is 9.90 Å². The summed E-state index contributed by atoms with van der Waals surface area (Å²) >= 11 is 0. The molecule has 0 saturated carbocycles. The van der Waals surface area contributed by atoms with Gasteiger partial charge in [0.2, 0.25) is 0 Å². The van der Waals surface area contributed by atoms with Crippen molar-refractivity contribution >= 4 is 16.9 Å². The number of aliphatic hydroxyl groups is 1. The van der Waals surface area contributed by atoms with Crippen LogP contribution in [0, 0.1) is 0 Å². The molecule has 1 aromatic carbocycles. The fourth-order valence-corrected chi connectivity index (χ4v) is 1.74. The highest BCUT2D eigenvalue weighted by atomic mass is 16.3. The molecule has 0 saturated heterocycles. The van der Waals surface area contributed by atoms with Gasteiger partial charge in [0.15, 0.2) is 5.76 Å². The minimum atomic E-state index is -0.360. The Labute approximate surface area is 106 Å². The van der Waals surface area contributed by atoms with Gasteiger partial charge in [-0.3, -0.25) is 4.79 Å². The van der Waals surface area contributed by atoms with Crippen molar-refractivity contribution in [2.45, 2.75) is 25.9 Å². The maximum atomic E-state index is 11.8. The van der Waals surface area contributed by atoms with Crippen LogP contribution in [0.25, 0.3) is 11.0 Å². The number of para-hydroxylation sites is 1. The van der Waals surface area contributed by atoms with Crippen LogP contribution in [0.5, 0.6) is 0 Å².